The van der Waals surface area contributed by atoms with Crippen molar-refractivity contribution in [2.75, 3.05) is 6.54 Å². The van der Waals surface area contributed by atoms with Gasteiger partial charge in [0.2, 0.25) is 5.91 Å². The monoisotopic (exact) mass is 362 g/mol. The van der Waals surface area contributed by atoms with Crippen LogP contribution < -0.4 is 10.6 Å². The Labute approximate surface area is 152 Å². The molecule has 0 spiro atoms. The van der Waals surface area contributed by atoms with Gasteiger partial charge in [-0.25, -0.2) is 0 Å². The number of amides is 1. The van der Waals surface area contributed by atoms with Crippen molar-refractivity contribution in [3.8, 4) is 11.5 Å². The van der Waals surface area contributed by atoms with Crippen molar-refractivity contribution in [2.45, 2.75) is 32.9 Å². The molecule has 6 nitrogen and oxygen atoms in total. The number of aromatic amines is 1. The number of nitrogens with zero attached hydrogens (tertiary/aromatic N) is 1. The minimum atomic E-state index is -0.228. The maximum absolute atomic E-state index is 11.8. The van der Waals surface area contributed by atoms with Gasteiger partial charge in [0.05, 0.1) is 12.7 Å². The zero-order chi connectivity index (χ0) is 17.2. The summed E-state index contributed by atoms with van der Waals surface area (Å²) in [5.74, 6) is 0.709. The van der Waals surface area contributed by atoms with Gasteiger partial charge in [0.1, 0.15) is 11.3 Å². The molecule has 2 aromatic heterocycles. The molecule has 7 heteroatoms. The second kappa shape index (κ2) is 7.72. The van der Waals surface area contributed by atoms with Crippen molar-refractivity contribution in [1.29, 1.82) is 0 Å². The second-order valence-electron chi connectivity index (χ2n) is 6.82. The average Bonchev–Trinajstić information content (AvgIpc) is 3.10. The third-order valence-electron chi connectivity index (χ3n) is 3.51. The molecule has 0 saturated heterocycles. The standard InChI is InChI=1S/C18H22N4O2.ClH/c1-18(2,3)21-16(23)11-19-9-13-10-20-22-17(13)15-8-12-6-4-5-7-14(12)24-15;/h4-8,10,19H,9,11H2,1-3H3,(H,20,22)(H,21,23);1H. The Morgan fingerprint density at radius 1 is 1.28 bits per heavy atom. The van der Waals surface area contributed by atoms with Crippen molar-refractivity contribution < 1.29 is 9.21 Å². The Bertz CT molecular complexity index is 815. The van der Waals surface area contributed by atoms with E-state index in [0.717, 1.165) is 28.0 Å². The lowest BCUT2D eigenvalue weighted by Gasteiger charge is -2.20. The molecule has 2 heterocycles. The van der Waals surface area contributed by atoms with Crippen LogP contribution in [0.2, 0.25) is 0 Å². The minimum absolute atomic E-state index is 0. The van der Waals surface area contributed by atoms with Crippen LogP contribution >= 0.6 is 12.4 Å². The number of nitrogens with one attached hydrogen (secondary N) is 3. The fourth-order valence-corrected chi connectivity index (χ4v) is 2.54. The summed E-state index contributed by atoms with van der Waals surface area (Å²) in [7, 11) is 0. The Kier molecular flexibility index (Phi) is 5.87. The Morgan fingerprint density at radius 2 is 2.04 bits per heavy atom. The number of furan rings is 1. The number of hydrogen-bond donors (Lipinski definition) is 3. The molecule has 1 aromatic carbocycles. The molecule has 0 aliphatic rings. The highest BCUT2D eigenvalue weighted by molar-refractivity contribution is 5.85. The summed E-state index contributed by atoms with van der Waals surface area (Å²) < 4.78 is 5.87. The molecule has 25 heavy (non-hydrogen) atoms. The third-order valence-corrected chi connectivity index (χ3v) is 3.51. The summed E-state index contributed by atoms with van der Waals surface area (Å²) in [5.41, 5.74) is 2.39. The highest BCUT2D eigenvalue weighted by Gasteiger charge is 2.15. The van der Waals surface area contributed by atoms with Gasteiger partial charge in [-0.1, -0.05) is 18.2 Å². The van der Waals surface area contributed by atoms with Crippen molar-refractivity contribution >= 4 is 29.3 Å². The van der Waals surface area contributed by atoms with Crippen LogP contribution in [0.4, 0.5) is 0 Å². The molecule has 1 amide bonds. The van der Waals surface area contributed by atoms with Crippen LogP contribution in [0.1, 0.15) is 26.3 Å². The average molecular weight is 363 g/mol. The fraction of sp³-hybridized carbons (Fsp3) is 0.333. The molecule has 0 unspecified atom stereocenters. The molecule has 0 atom stereocenters. The predicted molar refractivity (Wildman–Crippen MR) is 101 cm³/mol. The molecule has 3 N–H and O–H groups in total. The predicted octanol–water partition coefficient (Wildman–Crippen LogP) is 3.25. The Hall–Kier alpha value is -2.31. The van der Waals surface area contributed by atoms with Crippen LogP contribution in [-0.2, 0) is 11.3 Å². The van der Waals surface area contributed by atoms with Crippen LogP contribution in [0.5, 0.6) is 0 Å². The first-order valence-electron chi connectivity index (χ1n) is 7.95. The molecular weight excluding hydrogens is 340 g/mol. The molecule has 0 aliphatic carbocycles. The van der Waals surface area contributed by atoms with E-state index < -0.39 is 0 Å². The molecule has 0 fully saturated rings. The number of carbonyl (C=O) groups is 1. The molecule has 3 rings (SSSR count). The summed E-state index contributed by atoms with van der Waals surface area (Å²) in [5, 5.41) is 14.2. The van der Waals surface area contributed by atoms with Crippen molar-refractivity contribution in [1.82, 2.24) is 20.8 Å². The molecule has 134 valence electrons. The number of aromatic nitrogens is 2. The summed E-state index contributed by atoms with van der Waals surface area (Å²) in [6.07, 6.45) is 1.75. The van der Waals surface area contributed by atoms with Crippen molar-refractivity contribution in [3.63, 3.8) is 0 Å². The van der Waals surface area contributed by atoms with Gasteiger partial charge in [0, 0.05) is 23.0 Å². The van der Waals surface area contributed by atoms with Gasteiger partial charge in [-0.2, -0.15) is 5.10 Å². The quantitative estimate of drug-likeness (QED) is 0.650. The molecule has 0 radical (unpaired) electrons. The smallest absolute Gasteiger partial charge is 0.234 e. The SMILES string of the molecule is CC(C)(C)NC(=O)CNCc1cn[nH]c1-c1cc2ccccc2o1.Cl. The lowest BCUT2D eigenvalue weighted by Crippen LogP contribution is -2.44. The first-order chi connectivity index (χ1) is 11.4. The lowest BCUT2D eigenvalue weighted by atomic mass is 10.1. The van der Waals surface area contributed by atoms with Gasteiger partial charge in [-0.15, -0.1) is 12.4 Å². The van der Waals surface area contributed by atoms with E-state index in [1.807, 2.05) is 51.1 Å². The number of halogens is 1. The van der Waals surface area contributed by atoms with Gasteiger partial charge in [-0.05, 0) is 32.9 Å². The second-order valence-corrected chi connectivity index (χ2v) is 6.82. The largest absolute Gasteiger partial charge is 0.454 e. The lowest BCUT2D eigenvalue weighted by molar-refractivity contribution is -0.121. The maximum atomic E-state index is 11.8. The number of para-hydroxylation sites is 1. The molecule has 0 aliphatic heterocycles. The van der Waals surface area contributed by atoms with E-state index >= 15 is 0 Å². The van der Waals surface area contributed by atoms with Gasteiger partial charge in [0.25, 0.3) is 0 Å². The van der Waals surface area contributed by atoms with E-state index in [1.54, 1.807) is 6.20 Å². The third kappa shape index (κ3) is 4.84. The maximum Gasteiger partial charge on any atom is 0.234 e. The van der Waals surface area contributed by atoms with Crippen LogP contribution in [0, 0.1) is 0 Å². The van der Waals surface area contributed by atoms with E-state index in [4.69, 9.17) is 4.42 Å². The minimum Gasteiger partial charge on any atom is -0.454 e. The summed E-state index contributed by atoms with van der Waals surface area (Å²) in [4.78, 5) is 11.8. The van der Waals surface area contributed by atoms with E-state index in [0.29, 0.717) is 6.54 Å². The van der Waals surface area contributed by atoms with E-state index in [2.05, 4.69) is 20.8 Å². The number of hydrogen-bond acceptors (Lipinski definition) is 4. The molecular formula is C18H23ClN4O2. The zero-order valence-corrected chi connectivity index (χ0v) is 15.4. The highest BCUT2D eigenvalue weighted by Crippen LogP contribution is 2.28. The first-order valence-corrected chi connectivity index (χ1v) is 7.95. The molecule has 0 bridgehead atoms. The van der Waals surface area contributed by atoms with Gasteiger partial charge < -0.3 is 15.1 Å². The summed E-state index contributed by atoms with van der Waals surface area (Å²) in [6.45, 7) is 6.66. The fourth-order valence-electron chi connectivity index (χ4n) is 2.54. The molecule has 0 saturated carbocycles. The van der Waals surface area contributed by atoms with Crippen LogP contribution in [0.3, 0.4) is 0 Å². The van der Waals surface area contributed by atoms with E-state index in [1.165, 1.54) is 0 Å². The molecule has 3 aromatic rings. The Balaban J connectivity index is 0.00000225. The number of fused-ring (bicyclic) bond motifs is 1. The number of carbonyl (C=O) groups excluding carboxylic acids is 1. The number of rotatable bonds is 5. The topological polar surface area (TPSA) is 83.0 Å². The summed E-state index contributed by atoms with van der Waals surface area (Å²) in [6, 6.07) is 9.85. The van der Waals surface area contributed by atoms with Crippen molar-refractivity contribution in [2.24, 2.45) is 0 Å². The van der Waals surface area contributed by atoms with Gasteiger partial charge >= 0.3 is 0 Å². The van der Waals surface area contributed by atoms with Crippen molar-refractivity contribution in [3.05, 3.63) is 42.1 Å². The summed E-state index contributed by atoms with van der Waals surface area (Å²) >= 11 is 0. The zero-order valence-electron chi connectivity index (χ0n) is 14.6. The number of benzene rings is 1. The van der Waals surface area contributed by atoms with E-state index in [-0.39, 0.29) is 30.4 Å². The van der Waals surface area contributed by atoms with Crippen LogP contribution in [-0.4, -0.2) is 28.2 Å². The van der Waals surface area contributed by atoms with Crippen LogP contribution in [0.15, 0.2) is 40.9 Å². The van der Waals surface area contributed by atoms with Crippen LogP contribution in [0.25, 0.3) is 22.4 Å². The van der Waals surface area contributed by atoms with Gasteiger partial charge in [0.15, 0.2) is 5.76 Å². The first kappa shape index (κ1) is 19.0. The highest BCUT2D eigenvalue weighted by atomic mass is 35.5. The number of H-pyrrole nitrogens is 1. The Morgan fingerprint density at radius 3 is 2.76 bits per heavy atom. The van der Waals surface area contributed by atoms with E-state index in [9.17, 15) is 4.79 Å². The van der Waals surface area contributed by atoms with Gasteiger partial charge in [-0.3, -0.25) is 9.89 Å². The normalized spacial score (nSPS) is 11.3.